The van der Waals surface area contributed by atoms with Crippen molar-refractivity contribution in [2.45, 2.75) is 33.7 Å². The monoisotopic (exact) mass is 310 g/mol. The Morgan fingerprint density at radius 2 is 1.95 bits per heavy atom. The van der Waals surface area contributed by atoms with Crippen molar-refractivity contribution in [2.24, 2.45) is 5.41 Å². The lowest BCUT2D eigenvalue weighted by atomic mass is 9.95. The maximum Gasteiger partial charge on any atom is 0.256 e. The Morgan fingerprint density at radius 1 is 1.36 bits per heavy atom. The number of halogens is 1. The van der Waals surface area contributed by atoms with Gasteiger partial charge in [-0.25, -0.2) is 4.39 Å². The quantitative estimate of drug-likeness (QED) is 0.896. The van der Waals surface area contributed by atoms with E-state index in [-0.39, 0.29) is 18.1 Å². The van der Waals surface area contributed by atoms with Gasteiger partial charge in [-0.2, -0.15) is 0 Å². The molecule has 0 radical (unpaired) electrons. The van der Waals surface area contributed by atoms with E-state index >= 15 is 0 Å². The maximum atomic E-state index is 13.9. The fourth-order valence-electron chi connectivity index (χ4n) is 1.60. The number of nitrogens with one attached hydrogen (secondary N) is 1. The van der Waals surface area contributed by atoms with Gasteiger partial charge in [-0.3, -0.25) is 9.59 Å². The van der Waals surface area contributed by atoms with Gasteiger partial charge in [-0.05, 0) is 25.1 Å². The highest BCUT2D eigenvalue weighted by atomic mass is 19.1. The van der Waals surface area contributed by atoms with Gasteiger partial charge < -0.3 is 15.3 Å². The second kappa shape index (κ2) is 6.87. The molecule has 2 N–H and O–H groups in total. The molecule has 0 aliphatic rings. The minimum absolute atomic E-state index is 0.144. The Labute approximate surface area is 130 Å². The molecule has 0 bridgehead atoms. The van der Waals surface area contributed by atoms with E-state index in [1.165, 1.54) is 24.1 Å². The van der Waals surface area contributed by atoms with Gasteiger partial charge in [0.15, 0.2) is 0 Å². The van der Waals surface area contributed by atoms with Gasteiger partial charge in [0.25, 0.3) is 5.91 Å². The summed E-state index contributed by atoms with van der Waals surface area (Å²) in [5.41, 5.74) is -0.384. The van der Waals surface area contributed by atoms with Crippen LogP contribution >= 0.6 is 0 Å². The first-order valence-corrected chi connectivity index (χ1v) is 7.07. The number of carbonyl (C=O) groups is 2. The van der Waals surface area contributed by atoms with Crippen LogP contribution in [0.5, 0.6) is 0 Å². The van der Waals surface area contributed by atoms with Crippen molar-refractivity contribution in [3.63, 3.8) is 0 Å². The van der Waals surface area contributed by atoms with Crippen LogP contribution in [0.4, 0.5) is 10.1 Å². The topological polar surface area (TPSA) is 69.6 Å². The summed E-state index contributed by atoms with van der Waals surface area (Å²) >= 11 is 0. The smallest absolute Gasteiger partial charge is 0.256 e. The molecule has 1 aromatic carbocycles. The van der Waals surface area contributed by atoms with Gasteiger partial charge in [0.05, 0.1) is 18.2 Å². The number of aliphatic hydroxyl groups is 1. The van der Waals surface area contributed by atoms with Crippen LogP contribution in [-0.2, 0) is 4.79 Å². The Bertz CT molecular complexity index is 567. The number of rotatable bonds is 4. The molecule has 1 unspecified atom stereocenters. The second-order valence-corrected chi connectivity index (χ2v) is 6.35. The van der Waals surface area contributed by atoms with E-state index in [2.05, 4.69) is 5.32 Å². The van der Waals surface area contributed by atoms with Gasteiger partial charge in [-0.15, -0.1) is 0 Å². The number of nitrogens with zero attached hydrogens (tertiary/aromatic N) is 1. The molecule has 0 heterocycles. The van der Waals surface area contributed by atoms with E-state index in [1.54, 1.807) is 27.7 Å². The molecule has 0 aliphatic carbocycles. The highest BCUT2D eigenvalue weighted by Crippen LogP contribution is 2.21. The van der Waals surface area contributed by atoms with Crippen LogP contribution < -0.4 is 5.32 Å². The summed E-state index contributed by atoms with van der Waals surface area (Å²) in [5, 5.41) is 11.7. The lowest BCUT2D eigenvalue weighted by Crippen LogP contribution is -2.37. The summed E-state index contributed by atoms with van der Waals surface area (Å²) in [6.45, 7) is 6.71. The number of hydrogen-bond donors (Lipinski definition) is 2. The number of carbonyl (C=O) groups excluding carboxylic acids is 2. The van der Waals surface area contributed by atoms with E-state index in [1.807, 2.05) is 0 Å². The third kappa shape index (κ3) is 4.27. The summed E-state index contributed by atoms with van der Waals surface area (Å²) in [4.78, 5) is 25.5. The first-order chi connectivity index (χ1) is 10.1. The predicted octanol–water partition coefficient (Wildman–Crippen LogP) is 2.26. The van der Waals surface area contributed by atoms with Crippen LogP contribution in [0.2, 0.25) is 0 Å². The van der Waals surface area contributed by atoms with Crippen LogP contribution in [0.15, 0.2) is 18.2 Å². The Morgan fingerprint density at radius 3 is 2.45 bits per heavy atom. The zero-order valence-electron chi connectivity index (χ0n) is 13.6. The highest BCUT2D eigenvalue weighted by Gasteiger charge is 2.23. The Kier molecular flexibility index (Phi) is 5.65. The first-order valence-electron chi connectivity index (χ1n) is 7.07. The number of amides is 2. The number of likely N-dealkylation sites (N-methyl/N-ethyl adjacent to an activating group) is 1. The molecule has 2 amide bonds. The molecule has 0 saturated carbocycles. The minimum atomic E-state index is -0.671. The summed E-state index contributed by atoms with van der Waals surface area (Å²) in [5.74, 6) is -1.45. The van der Waals surface area contributed by atoms with Crippen LogP contribution in [0.1, 0.15) is 38.1 Å². The van der Waals surface area contributed by atoms with Crippen LogP contribution in [0, 0.1) is 11.2 Å². The lowest BCUT2D eigenvalue weighted by molar-refractivity contribution is -0.123. The number of aliphatic hydroxyl groups excluding tert-OH is 1. The summed E-state index contributed by atoms with van der Waals surface area (Å²) in [7, 11) is 1.49. The number of hydrogen-bond acceptors (Lipinski definition) is 3. The van der Waals surface area contributed by atoms with Gasteiger partial charge in [0.2, 0.25) is 5.91 Å². The van der Waals surface area contributed by atoms with Crippen molar-refractivity contribution in [1.82, 2.24) is 4.90 Å². The molecule has 0 fully saturated rings. The van der Waals surface area contributed by atoms with Crippen molar-refractivity contribution in [1.29, 1.82) is 0 Å². The average molecular weight is 310 g/mol. The van der Waals surface area contributed by atoms with Crippen molar-refractivity contribution < 1.29 is 19.1 Å². The molecular formula is C16H23FN2O3. The van der Waals surface area contributed by atoms with E-state index in [4.69, 9.17) is 5.11 Å². The zero-order valence-corrected chi connectivity index (χ0v) is 13.6. The molecule has 22 heavy (non-hydrogen) atoms. The van der Waals surface area contributed by atoms with E-state index in [0.29, 0.717) is 5.69 Å². The standard InChI is InChI=1S/C16H23FN2O3/c1-10(9-20)19(5)14(21)12-8-11(6-7-13(12)17)18-15(22)16(2,3)4/h6-8,10,20H,9H2,1-5H3,(H,18,22). The minimum Gasteiger partial charge on any atom is -0.394 e. The summed E-state index contributed by atoms with van der Waals surface area (Å²) in [6.07, 6.45) is 0. The molecule has 1 aromatic rings. The van der Waals surface area contributed by atoms with Gasteiger partial charge >= 0.3 is 0 Å². The van der Waals surface area contributed by atoms with Crippen molar-refractivity contribution in [2.75, 3.05) is 19.0 Å². The average Bonchev–Trinajstić information content (AvgIpc) is 2.45. The van der Waals surface area contributed by atoms with Gasteiger partial charge in [0.1, 0.15) is 5.82 Å². The van der Waals surface area contributed by atoms with Gasteiger partial charge in [0, 0.05) is 18.2 Å². The zero-order chi connectivity index (χ0) is 17.1. The molecule has 1 rings (SSSR count). The fraction of sp³-hybridized carbons (Fsp3) is 0.500. The summed E-state index contributed by atoms with van der Waals surface area (Å²) < 4.78 is 13.9. The molecule has 0 aromatic heterocycles. The molecular weight excluding hydrogens is 287 g/mol. The number of anilines is 1. The normalized spacial score (nSPS) is 12.7. The van der Waals surface area contributed by atoms with E-state index in [0.717, 1.165) is 6.07 Å². The van der Waals surface area contributed by atoms with Crippen LogP contribution in [-0.4, -0.2) is 41.5 Å². The molecule has 6 heteroatoms. The Hall–Kier alpha value is -1.95. The highest BCUT2D eigenvalue weighted by molar-refractivity contribution is 5.98. The Balaban J connectivity index is 3.05. The molecule has 0 saturated heterocycles. The third-order valence-corrected chi connectivity index (χ3v) is 3.38. The van der Waals surface area contributed by atoms with Crippen molar-refractivity contribution in [3.8, 4) is 0 Å². The molecule has 0 aliphatic heterocycles. The molecule has 0 spiro atoms. The van der Waals surface area contributed by atoms with Crippen LogP contribution in [0.3, 0.4) is 0 Å². The fourth-order valence-corrected chi connectivity index (χ4v) is 1.60. The molecule has 5 nitrogen and oxygen atoms in total. The largest absolute Gasteiger partial charge is 0.394 e. The summed E-state index contributed by atoms with van der Waals surface area (Å²) in [6, 6.07) is 3.43. The van der Waals surface area contributed by atoms with Crippen LogP contribution in [0.25, 0.3) is 0 Å². The predicted molar refractivity (Wildman–Crippen MR) is 83.1 cm³/mol. The second-order valence-electron chi connectivity index (χ2n) is 6.35. The van der Waals surface area contributed by atoms with Crippen molar-refractivity contribution >= 4 is 17.5 Å². The van der Waals surface area contributed by atoms with E-state index < -0.39 is 23.2 Å². The maximum absolute atomic E-state index is 13.9. The number of benzene rings is 1. The molecule has 1 atom stereocenters. The van der Waals surface area contributed by atoms with E-state index in [9.17, 15) is 14.0 Å². The van der Waals surface area contributed by atoms with Crippen molar-refractivity contribution in [3.05, 3.63) is 29.6 Å². The van der Waals surface area contributed by atoms with Gasteiger partial charge in [-0.1, -0.05) is 20.8 Å². The lowest BCUT2D eigenvalue weighted by Gasteiger charge is -2.24. The molecule has 122 valence electrons. The third-order valence-electron chi connectivity index (χ3n) is 3.38. The first kappa shape index (κ1) is 18.1. The SMILES string of the molecule is CC(CO)N(C)C(=O)c1cc(NC(=O)C(C)(C)C)ccc1F.